The van der Waals surface area contributed by atoms with Gasteiger partial charge in [-0.05, 0) is 37.0 Å². The van der Waals surface area contributed by atoms with Crippen LogP contribution in [0.15, 0.2) is 18.2 Å². The van der Waals surface area contributed by atoms with Gasteiger partial charge in [0.2, 0.25) is 12.7 Å². The molecule has 1 aliphatic carbocycles. The number of amides is 2. The van der Waals surface area contributed by atoms with Crippen LogP contribution < -0.4 is 20.1 Å². The van der Waals surface area contributed by atoms with E-state index in [2.05, 4.69) is 29.5 Å². The Labute approximate surface area is 161 Å². The molecule has 2 heterocycles. The minimum absolute atomic E-state index is 0.0152. The number of fused-ring (bicyclic) bond motifs is 2. The molecule has 0 fully saturated rings. The fourth-order valence-corrected chi connectivity index (χ4v) is 4.20. The molecule has 2 amide bonds. The molecule has 1 aromatic carbocycles. The lowest BCUT2D eigenvalue weighted by Crippen LogP contribution is -2.31. The Morgan fingerprint density at radius 1 is 1.30 bits per heavy atom. The van der Waals surface area contributed by atoms with Gasteiger partial charge in [0, 0.05) is 17.0 Å². The van der Waals surface area contributed by atoms with Crippen LogP contribution in [-0.4, -0.2) is 30.1 Å². The Kier molecular flexibility index (Phi) is 4.73. The van der Waals surface area contributed by atoms with Gasteiger partial charge in [0.05, 0.1) is 11.6 Å². The van der Waals surface area contributed by atoms with E-state index in [1.807, 2.05) is 0 Å². The molecule has 1 aliphatic heterocycles. The van der Waals surface area contributed by atoms with Crippen LogP contribution in [0.25, 0.3) is 0 Å². The van der Waals surface area contributed by atoms with Gasteiger partial charge in [-0.15, -0.1) is 11.3 Å². The van der Waals surface area contributed by atoms with Crippen molar-refractivity contribution in [1.82, 2.24) is 10.3 Å². The predicted molar refractivity (Wildman–Crippen MR) is 102 cm³/mol. The molecule has 0 bridgehead atoms. The van der Waals surface area contributed by atoms with Crippen LogP contribution in [-0.2, 0) is 11.2 Å². The van der Waals surface area contributed by atoms with Gasteiger partial charge in [-0.3, -0.25) is 14.9 Å². The molecule has 2 aliphatic rings. The second-order valence-corrected chi connectivity index (χ2v) is 8.16. The minimum atomic E-state index is -0.262. The number of benzene rings is 1. The number of ether oxygens (including phenoxy) is 2. The standard InChI is InChI=1S/C19H21N3O4S/c1-10(2)8-20-18(24)12-4-6-15-16(12)21-19(27-15)22-17(23)11-3-5-13-14(7-11)26-9-25-13/h3,5,7,10,12H,4,6,8-9H2,1-2H3,(H,20,24)(H,21,22,23). The first-order valence-electron chi connectivity index (χ1n) is 8.99. The van der Waals surface area contributed by atoms with E-state index in [1.165, 1.54) is 11.3 Å². The van der Waals surface area contributed by atoms with Crippen molar-refractivity contribution in [2.75, 3.05) is 18.7 Å². The zero-order chi connectivity index (χ0) is 19.0. The Balaban J connectivity index is 1.45. The summed E-state index contributed by atoms with van der Waals surface area (Å²) in [6.07, 6.45) is 1.58. The number of anilines is 1. The highest BCUT2D eigenvalue weighted by Crippen LogP contribution is 2.39. The number of aryl methyl sites for hydroxylation is 1. The van der Waals surface area contributed by atoms with Crippen molar-refractivity contribution in [1.29, 1.82) is 0 Å². The lowest BCUT2D eigenvalue weighted by molar-refractivity contribution is -0.122. The molecule has 0 spiro atoms. The van der Waals surface area contributed by atoms with E-state index in [0.29, 0.717) is 34.7 Å². The smallest absolute Gasteiger partial charge is 0.257 e. The van der Waals surface area contributed by atoms with Gasteiger partial charge < -0.3 is 14.8 Å². The summed E-state index contributed by atoms with van der Waals surface area (Å²) >= 11 is 1.44. The van der Waals surface area contributed by atoms with Gasteiger partial charge in [-0.1, -0.05) is 13.8 Å². The highest BCUT2D eigenvalue weighted by atomic mass is 32.1. The van der Waals surface area contributed by atoms with Gasteiger partial charge in [0.15, 0.2) is 16.6 Å². The number of hydrogen-bond donors (Lipinski definition) is 2. The van der Waals surface area contributed by atoms with Crippen molar-refractivity contribution in [2.24, 2.45) is 5.92 Å². The molecule has 2 aromatic rings. The summed E-state index contributed by atoms with van der Waals surface area (Å²) in [7, 11) is 0. The number of hydrogen-bond acceptors (Lipinski definition) is 6. The molecule has 4 rings (SSSR count). The summed E-state index contributed by atoms with van der Waals surface area (Å²) in [6.45, 7) is 4.95. The maximum absolute atomic E-state index is 12.5. The Bertz CT molecular complexity index is 893. The topological polar surface area (TPSA) is 89.6 Å². The van der Waals surface area contributed by atoms with Crippen LogP contribution in [0.4, 0.5) is 5.13 Å². The third-order valence-corrected chi connectivity index (χ3v) is 5.62. The number of nitrogens with zero attached hydrogens (tertiary/aromatic N) is 1. The second-order valence-electron chi connectivity index (χ2n) is 7.08. The Morgan fingerprint density at radius 2 is 2.11 bits per heavy atom. The highest BCUT2D eigenvalue weighted by Gasteiger charge is 2.32. The monoisotopic (exact) mass is 387 g/mol. The van der Waals surface area contributed by atoms with Gasteiger partial charge in [-0.25, -0.2) is 4.98 Å². The van der Waals surface area contributed by atoms with Crippen molar-refractivity contribution in [3.05, 3.63) is 34.3 Å². The number of carbonyl (C=O) groups excluding carboxylic acids is 2. The van der Waals surface area contributed by atoms with Gasteiger partial charge in [0.1, 0.15) is 0 Å². The van der Waals surface area contributed by atoms with E-state index in [9.17, 15) is 9.59 Å². The predicted octanol–water partition coefficient (Wildman–Crippen LogP) is 2.93. The first-order valence-corrected chi connectivity index (χ1v) is 9.81. The van der Waals surface area contributed by atoms with E-state index in [1.54, 1.807) is 18.2 Å². The second kappa shape index (κ2) is 7.19. The van der Waals surface area contributed by atoms with Crippen LogP contribution in [0, 0.1) is 5.92 Å². The van der Waals surface area contributed by atoms with Gasteiger partial charge >= 0.3 is 0 Å². The van der Waals surface area contributed by atoms with Gasteiger partial charge in [-0.2, -0.15) is 0 Å². The molecular weight excluding hydrogens is 366 g/mol. The first kappa shape index (κ1) is 17.8. The van der Waals surface area contributed by atoms with Crippen molar-refractivity contribution in [2.45, 2.75) is 32.6 Å². The maximum Gasteiger partial charge on any atom is 0.257 e. The largest absolute Gasteiger partial charge is 0.454 e. The molecular formula is C19H21N3O4S. The molecule has 0 saturated heterocycles. The summed E-state index contributed by atoms with van der Waals surface area (Å²) in [6, 6.07) is 5.06. The van der Waals surface area contributed by atoms with Crippen molar-refractivity contribution >= 4 is 28.3 Å². The van der Waals surface area contributed by atoms with E-state index in [0.717, 1.165) is 23.4 Å². The zero-order valence-corrected chi connectivity index (χ0v) is 16.0. The van der Waals surface area contributed by atoms with Crippen LogP contribution in [0.2, 0.25) is 0 Å². The minimum Gasteiger partial charge on any atom is -0.454 e. The average molecular weight is 387 g/mol. The molecule has 8 heteroatoms. The third-order valence-electron chi connectivity index (χ3n) is 4.57. The number of thiazole rings is 1. The summed E-state index contributed by atoms with van der Waals surface area (Å²) in [4.78, 5) is 30.5. The van der Waals surface area contributed by atoms with E-state index >= 15 is 0 Å². The fourth-order valence-electron chi connectivity index (χ4n) is 3.17. The lowest BCUT2D eigenvalue weighted by atomic mass is 10.1. The first-order chi connectivity index (χ1) is 13.0. The third kappa shape index (κ3) is 3.62. The summed E-state index contributed by atoms with van der Waals surface area (Å²) < 4.78 is 10.6. The molecule has 1 aromatic heterocycles. The molecule has 1 unspecified atom stereocenters. The van der Waals surface area contributed by atoms with Crippen LogP contribution in [0.3, 0.4) is 0 Å². The molecule has 27 heavy (non-hydrogen) atoms. The normalized spacial score (nSPS) is 17.1. The summed E-state index contributed by atoms with van der Waals surface area (Å²) in [5.41, 5.74) is 1.27. The van der Waals surface area contributed by atoms with E-state index < -0.39 is 0 Å². The summed E-state index contributed by atoms with van der Waals surface area (Å²) in [5, 5.41) is 6.32. The van der Waals surface area contributed by atoms with Crippen LogP contribution >= 0.6 is 11.3 Å². The number of aromatic nitrogens is 1. The Hall–Kier alpha value is -2.61. The number of rotatable bonds is 5. The maximum atomic E-state index is 12.5. The average Bonchev–Trinajstić information content (AvgIpc) is 3.33. The summed E-state index contributed by atoms with van der Waals surface area (Å²) in [5.74, 6) is 1.12. The molecule has 2 N–H and O–H groups in total. The van der Waals surface area contributed by atoms with E-state index in [4.69, 9.17) is 9.47 Å². The lowest BCUT2D eigenvalue weighted by Gasteiger charge is -2.12. The van der Waals surface area contributed by atoms with E-state index in [-0.39, 0.29) is 24.5 Å². The van der Waals surface area contributed by atoms with Crippen molar-refractivity contribution in [3.8, 4) is 11.5 Å². The molecule has 1 atom stereocenters. The molecule has 142 valence electrons. The number of carbonyl (C=O) groups is 2. The number of nitrogens with one attached hydrogen (secondary N) is 2. The quantitative estimate of drug-likeness (QED) is 0.823. The van der Waals surface area contributed by atoms with Crippen LogP contribution in [0.5, 0.6) is 11.5 Å². The highest BCUT2D eigenvalue weighted by molar-refractivity contribution is 7.16. The van der Waals surface area contributed by atoms with Crippen LogP contribution in [0.1, 0.15) is 47.1 Å². The van der Waals surface area contributed by atoms with Crippen molar-refractivity contribution in [3.63, 3.8) is 0 Å². The fraction of sp³-hybridized carbons (Fsp3) is 0.421. The van der Waals surface area contributed by atoms with Gasteiger partial charge in [0.25, 0.3) is 5.91 Å². The SMILES string of the molecule is CC(C)CNC(=O)C1CCc2sc(NC(=O)c3ccc4c(c3)OCO4)nc21. The molecule has 7 nitrogen and oxygen atoms in total. The van der Waals surface area contributed by atoms with Crippen molar-refractivity contribution < 1.29 is 19.1 Å². The zero-order valence-electron chi connectivity index (χ0n) is 15.2. The molecule has 0 radical (unpaired) electrons. The molecule has 0 saturated carbocycles. The Morgan fingerprint density at radius 3 is 2.93 bits per heavy atom.